The summed E-state index contributed by atoms with van der Waals surface area (Å²) in [4.78, 5) is 0. The van der Waals surface area contributed by atoms with E-state index < -0.39 is 5.96 Å². The number of hydrogen-bond donors (Lipinski definition) is 0. The Morgan fingerprint density at radius 3 is 1.21 bits per heavy atom. The van der Waals surface area contributed by atoms with Gasteiger partial charge in [-0.2, -0.15) is 0 Å². The summed E-state index contributed by atoms with van der Waals surface area (Å²) in [7, 11) is 0. The van der Waals surface area contributed by atoms with Crippen molar-refractivity contribution in [2.45, 2.75) is 0 Å². The molecule has 0 aliphatic heterocycles. The quantitative estimate of drug-likeness (QED) is 0.210. The van der Waals surface area contributed by atoms with Gasteiger partial charge in [-0.25, -0.2) is 0 Å². The van der Waals surface area contributed by atoms with Gasteiger partial charge in [0.25, 0.3) is 0 Å². The summed E-state index contributed by atoms with van der Waals surface area (Å²) in [6, 6.07) is 31.4. The molecule has 6 heteroatoms. The van der Waals surface area contributed by atoms with Gasteiger partial charge in [0.1, 0.15) is 0 Å². The molecule has 0 bridgehead atoms. The molecule has 1 aromatic heterocycles. The second-order valence-corrected chi connectivity index (χ2v) is 16.6. The van der Waals surface area contributed by atoms with Crippen molar-refractivity contribution in [1.82, 2.24) is 0 Å². The third-order valence-corrected chi connectivity index (χ3v) is 18.7. The van der Waals surface area contributed by atoms with Crippen LogP contribution in [0.1, 0.15) is 0 Å². The van der Waals surface area contributed by atoms with Crippen LogP contribution in [0.15, 0.2) is 104 Å². The Hall–Kier alpha value is -0.480. The van der Waals surface area contributed by atoms with E-state index in [1.165, 1.54) is 0 Å². The van der Waals surface area contributed by atoms with Gasteiger partial charge in [-0.15, -0.1) is 0 Å². The van der Waals surface area contributed by atoms with Crippen molar-refractivity contribution in [2.75, 3.05) is 0 Å². The van der Waals surface area contributed by atoms with Crippen molar-refractivity contribution in [3.8, 4) is 0 Å². The van der Waals surface area contributed by atoms with Crippen LogP contribution in [0.2, 0.25) is 0 Å². The van der Waals surface area contributed by atoms with Gasteiger partial charge in [-0.05, 0) is 0 Å². The van der Waals surface area contributed by atoms with E-state index in [0.29, 0.717) is 0 Å². The third-order valence-electron chi connectivity index (χ3n) is 4.84. The normalized spacial score (nSPS) is 13.1. The van der Waals surface area contributed by atoms with E-state index in [2.05, 4.69) is 121 Å². The Balaban J connectivity index is 2.28. The molecule has 4 aromatic rings. The zero-order valence-electron chi connectivity index (χ0n) is 14.5. The fourth-order valence-corrected chi connectivity index (χ4v) is 15.9. The van der Waals surface area contributed by atoms with Gasteiger partial charge in [0.15, 0.2) is 0 Å². The topological polar surface area (TPSA) is 0 Å². The Morgan fingerprint density at radius 2 is 0.929 bits per heavy atom. The second-order valence-electron chi connectivity index (χ2n) is 6.32. The average molecular weight is 618 g/mol. The molecule has 0 aliphatic carbocycles. The fourth-order valence-electron chi connectivity index (χ4n) is 3.55. The molecule has 0 radical (unpaired) electrons. The predicted octanol–water partition coefficient (Wildman–Crippen LogP) is 7.34. The maximum absolute atomic E-state index is 8.16. The summed E-state index contributed by atoms with van der Waals surface area (Å²) in [6.45, 7) is 0. The van der Waals surface area contributed by atoms with Crippen LogP contribution in [0, 0.1) is 0 Å². The van der Waals surface area contributed by atoms with E-state index in [9.17, 15) is 0 Å². The molecule has 0 saturated carbocycles. The van der Waals surface area contributed by atoms with Crippen LogP contribution in [0.25, 0.3) is 0 Å². The predicted molar refractivity (Wildman–Crippen MR) is 138 cm³/mol. The summed E-state index contributed by atoms with van der Waals surface area (Å²) >= 11 is 21.1. The number of halogens is 4. The first-order valence-corrected chi connectivity index (χ1v) is 14.9. The van der Waals surface area contributed by atoms with E-state index >= 15 is 0 Å². The molecule has 4 rings (SSSR count). The van der Waals surface area contributed by atoms with Crippen LogP contribution in [-0.2, 0) is 0 Å². The van der Waals surface area contributed by atoms with Crippen molar-refractivity contribution in [1.29, 1.82) is 0 Å². The third kappa shape index (κ3) is 3.00. The van der Waals surface area contributed by atoms with Crippen LogP contribution in [0.4, 0.5) is 0 Å². The van der Waals surface area contributed by atoms with Gasteiger partial charge in [0.05, 0.1) is 0 Å². The molecule has 0 amide bonds. The van der Waals surface area contributed by atoms with Crippen molar-refractivity contribution in [2.24, 2.45) is 0 Å². The molecule has 0 saturated heterocycles. The minimum atomic E-state index is -3.49. The van der Waals surface area contributed by atoms with E-state index in [1.807, 2.05) is 18.2 Å². The molecule has 28 heavy (non-hydrogen) atoms. The van der Waals surface area contributed by atoms with E-state index in [4.69, 9.17) is 11.2 Å². The van der Waals surface area contributed by atoms with Crippen molar-refractivity contribution in [3.05, 3.63) is 104 Å². The van der Waals surface area contributed by atoms with Gasteiger partial charge >= 0.3 is 201 Å². The zero-order valence-corrected chi connectivity index (χ0v) is 21.8. The van der Waals surface area contributed by atoms with Gasteiger partial charge in [-0.1, -0.05) is 0 Å². The van der Waals surface area contributed by atoms with Gasteiger partial charge in [0.2, 0.25) is 0 Å². The first-order chi connectivity index (χ1) is 13.5. The number of benzene rings is 3. The molecule has 0 atom stereocenters. The Morgan fingerprint density at radius 1 is 0.571 bits per heavy atom. The van der Waals surface area contributed by atoms with Gasteiger partial charge in [0, 0.05) is 0 Å². The first kappa shape index (κ1) is 20.8. The molecule has 0 aliphatic rings. The molecule has 0 nitrogen and oxygen atoms in total. The van der Waals surface area contributed by atoms with Crippen LogP contribution in [0.5, 0.6) is 0 Å². The van der Waals surface area contributed by atoms with Crippen molar-refractivity contribution in [3.63, 3.8) is 0 Å². The summed E-state index contributed by atoms with van der Waals surface area (Å²) in [5.74, 6) is -3.49. The van der Waals surface area contributed by atoms with Gasteiger partial charge < -0.3 is 0 Å². The standard InChI is InChI=1S/C22H15Br3ClPS/c23-19-20(24)22(28-21(19)25)27(26,16-10-4-1-5-11-16,17-12-6-2-7-13-17)18-14-8-3-9-15-18/h1-15H. The summed E-state index contributed by atoms with van der Waals surface area (Å²) in [5, 5.41) is 3.36. The van der Waals surface area contributed by atoms with Gasteiger partial charge in [-0.3, -0.25) is 0 Å². The van der Waals surface area contributed by atoms with E-state index in [-0.39, 0.29) is 0 Å². The SMILES string of the molecule is ClP(c1ccccc1)(c1ccccc1)(c1ccccc1)c1sc(Br)c(Br)c1Br. The second kappa shape index (κ2) is 7.98. The number of thiophene rings is 1. The summed E-state index contributed by atoms with van der Waals surface area (Å²) in [6.07, 6.45) is 0. The molecule has 0 fully saturated rings. The Bertz CT molecular complexity index is 1020. The zero-order chi connectivity index (χ0) is 19.8. The Labute approximate surface area is 199 Å². The van der Waals surface area contributed by atoms with Crippen molar-refractivity contribution >= 4 is 96.9 Å². The first-order valence-electron chi connectivity index (χ1n) is 8.52. The molecular formula is C22H15Br3ClPS. The molecule has 3 aromatic carbocycles. The Kier molecular flexibility index (Phi) is 5.92. The van der Waals surface area contributed by atoms with E-state index in [1.54, 1.807) is 11.3 Å². The maximum atomic E-state index is 8.16. The number of rotatable bonds is 4. The molecule has 1 heterocycles. The molecular weight excluding hydrogens is 602 g/mol. The molecule has 0 N–H and O–H groups in total. The van der Waals surface area contributed by atoms with Crippen LogP contribution in [0.3, 0.4) is 0 Å². The molecule has 0 unspecified atom stereocenters. The van der Waals surface area contributed by atoms with Crippen LogP contribution in [-0.4, -0.2) is 0 Å². The monoisotopic (exact) mass is 614 g/mol. The molecule has 0 spiro atoms. The summed E-state index contributed by atoms with van der Waals surface area (Å²) in [5.41, 5.74) is 0. The van der Waals surface area contributed by atoms with Crippen molar-refractivity contribution < 1.29 is 0 Å². The fraction of sp³-hybridized carbons (Fsp3) is 0. The van der Waals surface area contributed by atoms with E-state index in [0.717, 1.165) is 33.3 Å². The summed E-state index contributed by atoms with van der Waals surface area (Å²) < 4.78 is 4.13. The number of hydrogen-bond acceptors (Lipinski definition) is 1. The average Bonchev–Trinajstić information content (AvgIpc) is 3.03. The minimum absolute atomic E-state index is 0.991. The van der Waals surface area contributed by atoms with Crippen LogP contribution >= 0.6 is 76.3 Å². The molecule has 142 valence electrons. The van der Waals surface area contributed by atoms with Crippen LogP contribution < -0.4 is 20.5 Å².